The topological polar surface area (TPSA) is 72.5 Å². The van der Waals surface area contributed by atoms with Crippen molar-refractivity contribution in [3.63, 3.8) is 0 Å². The molecule has 0 amide bonds. The minimum absolute atomic E-state index is 0. The van der Waals surface area contributed by atoms with Crippen molar-refractivity contribution < 1.29 is 14.6 Å². The lowest BCUT2D eigenvalue weighted by Crippen LogP contribution is -2.16. The van der Waals surface area contributed by atoms with Crippen LogP contribution in [-0.4, -0.2) is 18.2 Å². The fourth-order valence-corrected chi connectivity index (χ4v) is 2.08. The number of benzene rings is 1. The zero-order chi connectivity index (χ0) is 12.3. The first-order chi connectivity index (χ1) is 7.45. The van der Waals surface area contributed by atoms with Gasteiger partial charge in [-0.05, 0) is 12.1 Å². The summed E-state index contributed by atoms with van der Waals surface area (Å²) in [4.78, 5) is 11.0. The molecular formula is C10H12BrCl2NO3. The van der Waals surface area contributed by atoms with E-state index in [2.05, 4.69) is 20.7 Å². The van der Waals surface area contributed by atoms with Gasteiger partial charge in [-0.25, -0.2) is 0 Å². The van der Waals surface area contributed by atoms with Crippen molar-refractivity contribution in [3.8, 4) is 5.75 Å². The smallest absolute Gasteiger partial charge is 0.307 e. The van der Waals surface area contributed by atoms with Crippen molar-refractivity contribution in [2.45, 2.75) is 12.5 Å². The number of hydrogen-bond acceptors (Lipinski definition) is 4. The molecule has 96 valence electrons. The fraction of sp³-hybridized carbons (Fsp3) is 0.300. The van der Waals surface area contributed by atoms with E-state index in [0.29, 0.717) is 10.0 Å². The molecule has 3 N–H and O–H groups in total. The van der Waals surface area contributed by atoms with E-state index >= 15 is 0 Å². The Bertz CT molecular complexity index is 415. The van der Waals surface area contributed by atoms with Gasteiger partial charge < -0.3 is 15.6 Å². The highest BCUT2D eigenvalue weighted by Crippen LogP contribution is 2.35. The summed E-state index contributed by atoms with van der Waals surface area (Å²) in [6.45, 7) is 0. The van der Waals surface area contributed by atoms with Gasteiger partial charge in [0.1, 0.15) is 5.75 Å². The third-order valence-electron chi connectivity index (χ3n) is 2.07. The zero-order valence-corrected chi connectivity index (χ0v) is 12.1. The Balaban J connectivity index is 0.00000256. The number of phenolic OH excluding ortho intramolecular Hbond substituents is 1. The predicted octanol–water partition coefficient (Wildman–Crippen LogP) is 2.79. The summed E-state index contributed by atoms with van der Waals surface area (Å²) in [6.07, 6.45) is -0.0170. The Labute approximate surface area is 119 Å². The van der Waals surface area contributed by atoms with E-state index in [1.807, 2.05) is 0 Å². The third-order valence-corrected chi connectivity index (χ3v) is 2.82. The van der Waals surface area contributed by atoms with E-state index < -0.39 is 12.0 Å². The number of hydrogen-bond donors (Lipinski definition) is 2. The molecule has 0 saturated carbocycles. The number of nitrogens with two attached hydrogens (primary N) is 1. The van der Waals surface area contributed by atoms with Crippen LogP contribution in [0.5, 0.6) is 5.75 Å². The third kappa shape index (κ3) is 4.35. The number of rotatable bonds is 3. The molecule has 4 nitrogen and oxygen atoms in total. The van der Waals surface area contributed by atoms with Crippen molar-refractivity contribution in [1.82, 2.24) is 0 Å². The van der Waals surface area contributed by atoms with Gasteiger partial charge in [0.15, 0.2) is 0 Å². The Morgan fingerprint density at radius 1 is 1.65 bits per heavy atom. The van der Waals surface area contributed by atoms with Gasteiger partial charge in [-0.15, -0.1) is 12.4 Å². The number of halogens is 3. The molecule has 0 unspecified atom stereocenters. The average molecular weight is 345 g/mol. The molecule has 7 heteroatoms. The average Bonchev–Trinajstić information content (AvgIpc) is 2.22. The number of esters is 1. The predicted molar refractivity (Wildman–Crippen MR) is 71.6 cm³/mol. The molecule has 0 aliphatic heterocycles. The summed E-state index contributed by atoms with van der Waals surface area (Å²) in [7, 11) is 1.28. The van der Waals surface area contributed by atoms with Gasteiger partial charge in [0.05, 0.1) is 18.6 Å². The van der Waals surface area contributed by atoms with Crippen LogP contribution in [0.3, 0.4) is 0 Å². The highest BCUT2D eigenvalue weighted by molar-refractivity contribution is 9.10. The molecule has 0 spiro atoms. The molecule has 0 bridgehead atoms. The van der Waals surface area contributed by atoms with Gasteiger partial charge in [0, 0.05) is 16.1 Å². The van der Waals surface area contributed by atoms with E-state index in [4.69, 9.17) is 17.3 Å². The van der Waals surface area contributed by atoms with Crippen LogP contribution in [0.15, 0.2) is 16.6 Å². The maximum Gasteiger partial charge on any atom is 0.307 e. The van der Waals surface area contributed by atoms with Crippen LogP contribution in [-0.2, 0) is 9.53 Å². The molecule has 17 heavy (non-hydrogen) atoms. The van der Waals surface area contributed by atoms with E-state index in [1.165, 1.54) is 7.11 Å². The summed E-state index contributed by atoms with van der Waals surface area (Å²) < 4.78 is 5.18. The van der Waals surface area contributed by atoms with Gasteiger partial charge in [0.2, 0.25) is 0 Å². The molecule has 0 aromatic heterocycles. The number of carbonyl (C=O) groups excluding carboxylic acids is 1. The Morgan fingerprint density at radius 2 is 2.24 bits per heavy atom. The van der Waals surface area contributed by atoms with Gasteiger partial charge >= 0.3 is 5.97 Å². The fourth-order valence-electron chi connectivity index (χ4n) is 1.24. The van der Waals surface area contributed by atoms with Crippen LogP contribution in [0.25, 0.3) is 0 Å². The second-order valence-corrected chi connectivity index (χ2v) is 4.54. The van der Waals surface area contributed by atoms with E-state index in [-0.39, 0.29) is 29.6 Å². The van der Waals surface area contributed by atoms with E-state index in [1.54, 1.807) is 12.1 Å². The van der Waals surface area contributed by atoms with Crippen LogP contribution in [0, 0.1) is 0 Å². The molecule has 1 atom stereocenters. The Kier molecular flexibility index (Phi) is 6.85. The summed E-state index contributed by atoms with van der Waals surface area (Å²) in [5.74, 6) is -0.552. The Hall–Kier alpha value is -0.490. The van der Waals surface area contributed by atoms with Gasteiger partial charge in [-0.3, -0.25) is 4.79 Å². The Morgan fingerprint density at radius 3 is 2.76 bits per heavy atom. The number of ether oxygens (including phenoxy) is 1. The highest BCUT2D eigenvalue weighted by atomic mass is 79.9. The number of methoxy groups -OCH3 is 1. The lowest BCUT2D eigenvalue weighted by molar-refractivity contribution is -0.141. The minimum Gasteiger partial charge on any atom is -0.506 e. The maximum absolute atomic E-state index is 11.0. The van der Waals surface area contributed by atoms with Crippen molar-refractivity contribution in [1.29, 1.82) is 0 Å². The van der Waals surface area contributed by atoms with Gasteiger partial charge in [-0.2, -0.15) is 0 Å². The monoisotopic (exact) mass is 343 g/mol. The van der Waals surface area contributed by atoms with Gasteiger partial charge in [-0.1, -0.05) is 27.5 Å². The first-order valence-electron chi connectivity index (χ1n) is 4.46. The molecule has 0 fully saturated rings. The highest BCUT2D eigenvalue weighted by Gasteiger charge is 2.17. The minimum atomic E-state index is -0.651. The molecular weight excluding hydrogens is 333 g/mol. The molecule has 0 aliphatic carbocycles. The normalized spacial score (nSPS) is 11.5. The lowest BCUT2D eigenvalue weighted by Gasteiger charge is -2.13. The van der Waals surface area contributed by atoms with E-state index in [0.717, 1.165) is 0 Å². The van der Waals surface area contributed by atoms with Crippen molar-refractivity contribution in [3.05, 3.63) is 27.2 Å². The number of aromatic hydroxyl groups is 1. The quantitative estimate of drug-likeness (QED) is 0.827. The van der Waals surface area contributed by atoms with Crippen LogP contribution in [0.4, 0.5) is 0 Å². The molecule has 0 saturated heterocycles. The second kappa shape index (κ2) is 7.06. The second-order valence-electron chi connectivity index (χ2n) is 3.21. The number of phenols is 1. The number of carbonyl (C=O) groups is 1. The first kappa shape index (κ1) is 16.5. The van der Waals surface area contributed by atoms with Gasteiger partial charge in [0.25, 0.3) is 0 Å². The van der Waals surface area contributed by atoms with E-state index in [9.17, 15) is 9.90 Å². The first-order valence-corrected chi connectivity index (χ1v) is 5.63. The summed E-state index contributed by atoms with van der Waals surface area (Å²) in [5.41, 5.74) is 6.18. The zero-order valence-electron chi connectivity index (χ0n) is 8.94. The van der Waals surface area contributed by atoms with Crippen LogP contribution >= 0.6 is 39.9 Å². The van der Waals surface area contributed by atoms with Crippen molar-refractivity contribution in [2.75, 3.05) is 7.11 Å². The standard InChI is InChI=1S/C10H11BrClNO3.ClH/c1-16-9(14)4-8(13)6-2-5(11)3-7(12)10(6)15;/h2-3,8,15H,4,13H2,1H3;1H/t8-;/m0./s1. The molecule has 0 heterocycles. The lowest BCUT2D eigenvalue weighted by atomic mass is 10.0. The molecule has 1 rings (SSSR count). The molecule has 0 radical (unpaired) electrons. The molecule has 1 aromatic rings. The van der Waals surface area contributed by atoms with Crippen molar-refractivity contribution >= 4 is 45.9 Å². The maximum atomic E-state index is 11.0. The summed E-state index contributed by atoms with van der Waals surface area (Å²) in [5, 5.41) is 9.88. The largest absolute Gasteiger partial charge is 0.506 e. The van der Waals surface area contributed by atoms with Crippen LogP contribution < -0.4 is 5.73 Å². The van der Waals surface area contributed by atoms with Crippen molar-refractivity contribution in [2.24, 2.45) is 5.73 Å². The summed E-state index contributed by atoms with van der Waals surface area (Å²) >= 11 is 9.01. The van der Waals surface area contributed by atoms with Crippen LogP contribution in [0.2, 0.25) is 5.02 Å². The van der Waals surface area contributed by atoms with Crippen LogP contribution in [0.1, 0.15) is 18.0 Å². The molecule has 1 aromatic carbocycles. The SMILES string of the molecule is COC(=O)C[C@H](N)c1cc(Br)cc(Cl)c1O.Cl. The molecule has 0 aliphatic rings. The summed E-state index contributed by atoms with van der Waals surface area (Å²) in [6, 6.07) is 2.52.